The number of carbonyl (C=O) groups excluding carboxylic acids is 3. The third kappa shape index (κ3) is 8.90. The summed E-state index contributed by atoms with van der Waals surface area (Å²) in [5, 5.41) is 27.0. The Balaban J connectivity index is 0.000000120. The van der Waals surface area contributed by atoms with E-state index in [1.807, 2.05) is 131 Å². The smallest absolute Gasteiger partial charge is 0.268 e. The molecule has 15 nitrogen and oxygen atoms in total. The molecule has 18 heteroatoms. The van der Waals surface area contributed by atoms with E-state index in [1.165, 1.54) is 0 Å². The summed E-state index contributed by atoms with van der Waals surface area (Å²) in [6.45, 7) is 6.41. The van der Waals surface area contributed by atoms with Crippen molar-refractivity contribution in [2.24, 2.45) is 38.9 Å². The average Bonchev–Trinajstić information content (AvgIpc) is 3.84. The van der Waals surface area contributed by atoms with Crippen LogP contribution in [0.25, 0.3) is 32.7 Å². The highest BCUT2D eigenvalue weighted by Gasteiger charge is 2.56. The second-order valence-electron chi connectivity index (χ2n) is 19.0. The molecule has 3 aliphatic carbocycles. The molecule has 0 radical (unpaired) electrons. The first kappa shape index (κ1) is 45.9. The van der Waals surface area contributed by atoms with Gasteiger partial charge in [0.05, 0.1) is 35.2 Å². The van der Waals surface area contributed by atoms with Gasteiger partial charge in [0.15, 0.2) is 0 Å². The summed E-state index contributed by atoms with van der Waals surface area (Å²) in [5.41, 5.74) is 6.59. The summed E-state index contributed by atoms with van der Waals surface area (Å²) in [4.78, 5) is 47.5. The van der Waals surface area contributed by atoms with E-state index < -0.39 is 0 Å². The quantitative estimate of drug-likeness (QED) is 0.0835. The number of nitrogens with one attached hydrogen (secondary N) is 6. The third-order valence-corrected chi connectivity index (χ3v) is 14.8. The minimum Gasteiger partial charge on any atom is -0.351 e. The maximum atomic E-state index is 12.7. The number of fused-ring (bicyclic) bond motifs is 3. The number of benzene rings is 3. The topological polar surface area (TPSA) is 188 Å². The van der Waals surface area contributed by atoms with Crippen LogP contribution in [0.2, 0.25) is 15.1 Å². The second-order valence-corrected chi connectivity index (χ2v) is 20.4. The monoisotopic (exact) mass is 984 g/mol. The van der Waals surface area contributed by atoms with Gasteiger partial charge < -0.3 is 30.9 Å². The lowest BCUT2D eigenvalue weighted by atomic mass is 10.1. The van der Waals surface area contributed by atoms with Crippen LogP contribution in [0.4, 0.5) is 0 Å². The highest BCUT2D eigenvalue weighted by Crippen LogP contribution is 2.53. The molecule has 3 amide bonds. The molecule has 6 atom stereocenters. The van der Waals surface area contributed by atoms with E-state index in [0.717, 1.165) is 68.7 Å². The number of H-pyrrole nitrogens is 3. The van der Waals surface area contributed by atoms with Gasteiger partial charge in [0, 0.05) is 104 Å². The lowest BCUT2D eigenvalue weighted by Crippen LogP contribution is -2.36. The van der Waals surface area contributed by atoms with E-state index in [4.69, 9.17) is 34.8 Å². The van der Waals surface area contributed by atoms with Gasteiger partial charge in [0.1, 0.15) is 17.1 Å². The number of aromatic amines is 3. The van der Waals surface area contributed by atoms with Gasteiger partial charge in [-0.2, -0.15) is 15.3 Å². The largest absolute Gasteiger partial charge is 0.351 e. The van der Waals surface area contributed by atoms with Crippen LogP contribution in [0.1, 0.15) is 88.2 Å². The van der Waals surface area contributed by atoms with Crippen molar-refractivity contribution in [2.75, 3.05) is 0 Å². The number of rotatable bonds is 9. The molecular formula is C51H51Cl3N12O3. The Hall–Kier alpha value is -6.81. The zero-order valence-electron chi connectivity index (χ0n) is 38.8. The molecule has 3 aliphatic rings. The van der Waals surface area contributed by atoms with Crippen molar-refractivity contribution in [3.63, 3.8) is 0 Å². The van der Waals surface area contributed by atoms with Crippen molar-refractivity contribution in [2.45, 2.75) is 56.7 Å². The van der Waals surface area contributed by atoms with Crippen molar-refractivity contribution in [3.8, 4) is 0 Å². The Bertz CT molecular complexity index is 3090. The zero-order valence-corrected chi connectivity index (χ0v) is 41.1. The lowest BCUT2D eigenvalue weighted by molar-refractivity contribution is 0.0914. The van der Waals surface area contributed by atoms with Gasteiger partial charge in [-0.25, -0.2) is 0 Å². The van der Waals surface area contributed by atoms with Crippen LogP contribution in [0.3, 0.4) is 0 Å². The molecule has 3 saturated carbocycles. The number of hydrogen-bond acceptors (Lipinski definition) is 6. The van der Waals surface area contributed by atoms with Crippen molar-refractivity contribution in [1.82, 2.24) is 60.2 Å². The molecule has 6 heterocycles. The summed E-state index contributed by atoms with van der Waals surface area (Å²) < 4.78 is 5.29. The van der Waals surface area contributed by atoms with Crippen LogP contribution in [0.5, 0.6) is 0 Å². The minimum atomic E-state index is -0.305. The van der Waals surface area contributed by atoms with Crippen molar-refractivity contribution in [1.29, 1.82) is 0 Å². The molecule has 6 aromatic heterocycles. The Morgan fingerprint density at radius 3 is 0.971 bits per heavy atom. The van der Waals surface area contributed by atoms with Crippen LogP contribution in [0, 0.1) is 17.8 Å². The standard InChI is InChI=1S/3C17H17ClN4O/c3*1-10-7-17(10,12-8-19-22(2)9-12)21-16(23)15-6-11-5-13(18)3-4-14(11)20-15/h3*3-6,8-10,20H,7H2,1-2H3,(H,21,23)/t3*10-,17-/m100/s1. The number of aromatic nitrogens is 9. The Kier molecular flexibility index (Phi) is 11.5. The van der Waals surface area contributed by atoms with Gasteiger partial charge >= 0.3 is 0 Å². The van der Waals surface area contributed by atoms with E-state index >= 15 is 0 Å². The fourth-order valence-corrected chi connectivity index (χ4v) is 10.2. The summed E-state index contributed by atoms with van der Waals surface area (Å²) in [6.07, 6.45) is 14.2. The summed E-state index contributed by atoms with van der Waals surface area (Å²) in [5.74, 6) is 0.875. The Morgan fingerprint density at radius 2 is 0.754 bits per heavy atom. The van der Waals surface area contributed by atoms with Crippen LogP contribution >= 0.6 is 34.8 Å². The van der Waals surface area contributed by atoms with Crippen molar-refractivity contribution in [3.05, 3.63) is 159 Å². The lowest BCUT2D eigenvalue weighted by Gasteiger charge is -2.16. The predicted octanol–water partition coefficient (Wildman–Crippen LogP) is 9.66. The van der Waals surface area contributed by atoms with Gasteiger partial charge in [-0.05, 0) is 110 Å². The van der Waals surface area contributed by atoms with Crippen LogP contribution in [-0.4, -0.2) is 62.0 Å². The molecule has 9 aromatic rings. The van der Waals surface area contributed by atoms with Gasteiger partial charge in [-0.15, -0.1) is 0 Å². The summed E-state index contributed by atoms with van der Waals surface area (Å²) >= 11 is 18.0. The van der Waals surface area contributed by atoms with E-state index in [1.54, 1.807) is 14.0 Å². The highest BCUT2D eigenvalue weighted by atomic mass is 35.5. The molecule has 12 rings (SSSR count). The molecule has 69 heavy (non-hydrogen) atoms. The van der Waals surface area contributed by atoms with Crippen LogP contribution in [0.15, 0.2) is 110 Å². The molecule has 0 unspecified atom stereocenters. The maximum absolute atomic E-state index is 12.7. The Morgan fingerprint density at radius 1 is 0.493 bits per heavy atom. The first-order valence-corrected chi connectivity index (χ1v) is 23.9. The van der Waals surface area contributed by atoms with Crippen LogP contribution < -0.4 is 16.0 Å². The fourth-order valence-electron chi connectivity index (χ4n) is 9.66. The minimum absolute atomic E-state index is 0.106. The molecule has 0 spiro atoms. The van der Waals surface area contributed by atoms with Crippen molar-refractivity contribution < 1.29 is 14.4 Å². The molecule has 6 N–H and O–H groups in total. The summed E-state index contributed by atoms with van der Waals surface area (Å²) in [6, 6.07) is 22.1. The van der Waals surface area contributed by atoms with Crippen molar-refractivity contribution >= 4 is 85.2 Å². The molecule has 0 aliphatic heterocycles. The molecule has 0 saturated heterocycles. The van der Waals surface area contributed by atoms with Gasteiger partial charge in [0.25, 0.3) is 17.7 Å². The van der Waals surface area contributed by atoms with Gasteiger partial charge in [-0.3, -0.25) is 28.4 Å². The van der Waals surface area contributed by atoms with Gasteiger partial charge in [-0.1, -0.05) is 55.6 Å². The third-order valence-electron chi connectivity index (χ3n) is 14.1. The highest BCUT2D eigenvalue weighted by molar-refractivity contribution is 6.32. The number of hydrogen-bond donors (Lipinski definition) is 6. The maximum Gasteiger partial charge on any atom is 0.268 e. The summed E-state index contributed by atoms with van der Waals surface area (Å²) in [7, 11) is 5.65. The normalized spacial score (nSPS) is 23.2. The zero-order chi connectivity index (χ0) is 48.6. The molecular weight excluding hydrogens is 935 g/mol. The first-order valence-electron chi connectivity index (χ1n) is 22.7. The first-order chi connectivity index (χ1) is 32.9. The van der Waals surface area contributed by atoms with Gasteiger partial charge in [0.2, 0.25) is 0 Å². The fraction of sp³-hybridized carbons (Fsp3) is 0.294. The predicted molar refractivity (Wildman–Crippen MR) is 268 cm³/mol. The molecule has 354 valence electrons. The molecule has 0 bridgehead atoms. The van der Waals surface area contributed by atoms with E-state index in [-0.39, 0.29) is 34.3 Å². The number of nitrogens with zero attached hydrogens (tertiary/aromatic N) is 6. The van der Waals surface area contributed by atoms with E-state index in [9.17, 15) is 14.4 Å². The van der Waals surface area contributed by atoms with Crippen LogP contribution in [-0.2, 0) is 37.8 Å². The number of carbonyl (C=O) groups is 3. The second kappa shape index (κ2) is 17.3. The SMILES string of the molecule is C[C@@H]1C[C@]1(NC(=O)c1cc2cc(Cl)ccc2[nH]1)c1cnn(C)c1.C[C@H]1C[C@@]1(NC(=O)c1cc2cc(Cl)ccc2[nH]1)c1cnn(C)c1.C[C@H]1C[C@@]1(NC(=O)c1cc2cc(Cl)ccc2[nH]1)c1cnn(C)c1. The Labute approximate surface area is 412 Å². The number of aryl methyl sites for hydroxylation is 3. The number of amides is 3. The molecule has 3 aromatic carbocycles. The molecule has 3 fully saturated rings. The van der Waals surface area contributed by atoms with E-state index in [0.29, 0.717) is 49.9 Å². The number of halogens is 3. The van der Waals surface area contributed by atoms with E-state index in [2.05, 4.69) is 67.0 Å². The average molecular weight is 986 g/mol.